The van der Waals surface area contributed by atoms with Gasteiger partial charge in [-0.1, -0.05) is 36.7 Å². The van der Waals surface area contributed by atoms with Crippen LogP contribution in [0.25, 0.3) is 0 Å². The summed E-state index contributed by atoms with van der Waals surface area (Å²) in [5, 5.41) is 24.2. The van der Waals surface area contributed by atoms with Gasteiger partial charge >= 0.3 is 5.97 Å². The van der Waals surface area contributed by atoms with Crippen molar-refractivity contribution in [1.29, 1.82) is 0 Å². The lowest BCUT2D eigenvalue weighted by atomic mass is 9.88. The first-order valence-corrected chi connectivity index (χ1v) is 12.3. The monoisotopic (exact) mass is 531 g/mol. The Morgan fingerprint density at radius 3 is 2.64 bits per heavy atom. The average molecular weight is 532 g/mol. The highest BCUT2D eigenvalue weighted by atomic mass is 35.5. The Morgan fingerprint density at radius 2 is 1.89 bits per heavy atom. The van der Waals surface area contributed by atoms with Crippen LogP contribution in [-0.2, 0) is 12.8 Å². The molecule has 36 heavy (non-hydrogen) atoms. The van der Waals surface area contributed by atoms with E-state index >= 15 is 0 Å². The Hall–Kier alpha value is -2.77. The molecule has 1 aliphatic rings. The molecule has 0 bridgehead atoms. The number of rotatable bonds is 10. The Balaban J connectivity index is 0.00000361. The lowest BCUT2D eigenvalue weighted by Gasteiger charge is -2.27. The first kappa shape index (κ1) is 27.8. The van der Waals surface area contributed by atoms with Crippen LogP contribution in [0.3, 0.4) is 0 Å². The van der Waals surface area contributed by atoms with Crippen molar-refractivity contribution in [3.8, 4) is 17.2 Å². The number of carbonyl (C=O) groups is 1. The summed E-state index contributed by atoms with van der Waals surface area (Å²) in [6.45, 7) is 2.87. The Morgan fingerprint density at radius 1 is 1.11 bits per heavy atom. The summed E-state index contributed by atoms with van der Waals surface area (Å²) in [5.74, 6) is 0.384. The van der Waals surface area contributed by atoms with Crippen molar-refractivity contribution < 1.29 is 24.5 Å². The number of hydrogen-bond acceptors (Lipinski definition) is 5. The van der Waals surface area contributed by atoms with E-state index in [1.807, 2.05) is 31.2 Å². The highest BCUT2D eigenvalue weighted by Crippen LogP contribution is 2.31. The van der Waals surface area contributed by atoms with Gasteiger partial charge in [0.15, 0.2) is 0 Å². The van der Waals surface area contributed by atoms with Gasteiger partial charge in [-0.15, -0.1) is 12.4 Å². The van der Waals surface area contributed by atoms with Crippen LogP contribution >= 0.6 is 24.0 Å². The molecule has 3 N–H and O–H groups in total. The standard InChI is InChI=1S/C28H30ClNO5.ClH/c1-2-12-34-27-11-10-24(16-25(27)28(32)33)35-23-9-7-18-6-8-22(14-20(18)15-23)30-17-26(31)19-4-3-5-21(29)13-19;/h3-5,7,9-11,13,15-16,22,26,30-31H,2,6,8,12,14,17H2,1H3,(H,32,33);1H/t22-,26+;/m0./s1. The van der Waals surface area contributed by atoms with E-state index in [9.17, 15) is 15.0 Å². The van der Waals surface area contributed by atoms with Gasteiger partial charge in [0, 0.05) is 17.6 Å². The Bertz CT molecular complexity index is 1190. The number of aryl methyl sites for hydroxylation is 1. The zero-order chi connectivity index (χ0) is 24.8. The zero-order valence-corrected chi connectivity index (χ0v) is 21.6. The van der Waals surface area contributed by atoms with Crippen LogP contribution < -0.4 is 14.8 Å². The molecule has 0 amide bonds. The maximum Gasteiger partial charge on any atom is 0.339 e. The third kappa shape index (κ3) is 7.14. The summed E-state index contributed by atoms with van der Waals surface area (Å²) >= 11 is 6.04. The number of hydrogen-bond donors (Lipinski definition) is 3. The quantitative estimate of drug-likeness (QED) is 0.287. The van der Waals surface area contributed by atoms with Gasteiger partial charge in [-0.25, -0.2) is 4.79 Å². The molecule has 4 rings (SSSR count). The fourth-order valence-corrected chi connectivity index (χ4v) is 4.49. The topological polar surface area (TPSA) is 88.0 Å². The molecular weight excluding hydrogens is 501 g/mol. The number of benzene rings is 3. The fraction of sp³-hybridized carbons (Fsp3) is 0.321. The molecule has 0 unspecified atom stereocenters. The third-order valence-electron chi connectivity index (χ3n) is 6.12. The second-order valence-corrected chi connectivity index (χ2v) is 9.20. The highest BCUT2D eigenvalue weighted by Gasteiger charge is 2.21. The maximum absolute atomic E-state index is 11.7. The molecule has 0 radical (unpaired) electrons. The first-order valence-electron chi connectivity index (χ1n) is 11.9. The van der Waals surface area contributed by atoms with Crippen LogP contribution in [0.1, 0.15) is 52.9 Å². The van der Waals surface area contributed by atoms with Crippen LogP contribution in [0.2, 0.25) is 5.02 Å². The summed E-state index contributed by atoms with van der Waals surface area (Å²) in [4.78, 5) is 11.7. The summed E-state index contributed by atoms with van der Waals surface area (Å²) in [6.07, 6.45) is 2.91. The maximum atomic E-state index is 11.7. The predicted octanol–water partition coefficient (Wildman–Crippen LogP) is 6.22. The molecule has 8 heteroatoms. The number of ether oxygens (including phenoxy) is 2. The van der Waals surface area contributed by atoms with Crippen LogP contribution in [0.15, 0.2) is 60.7 Å². The van der Waals surface area contributed by atoms with Crippen LogP contribution in [0, 0.1) is 0 Å². The number of carboxylic acids is 1. The van der Waals surface area contributed by atoms with E-state index in [0.29, 0.717) is 35.4 Å². The summed E-state index contributed by atoms with van der Waals surface area (Å²) in [6, 6.07) is 18.4. The van der Waals surface area contributed by atoms with Gasteiger partial charge in [-0.3, -0.25) is 0 Å². The number of aliphatic hydroxyl groups excluding tert-OH is 1. The number of nitrogens with one attached hydrogen (secondary N) is 1. The normalized spacial score (nSPS) is 15.4. The second-order valence-electron chi connectivity index (χ2n) is 8.76. The lowest BCUT2D eigenvalue weighted by Crippen LogP contribution is -2.37. The van der Waals surface area contributed by atoms with E-state index in [0.717, 1.165) is 31.2 Å². The molecule has 192 valence electrons. The molecule has 0 heterocycles. The van der Waals surface area contributed by atoms with Crippen molar-refractivity contribution in [1.82, 2.24) is 5.32 Å². The van der Waals surface area contributed by atoms with Crippen molar-refractivity contribution in [3.63, 3.8) is 0 Å². The van der Waals surface area contributed by atoms with Crippen molar-refractivity contribution >= 4 is 30.0 Å². The molecule has 0 aliphatic heterocycles. The van der Waals surface area contributed by atoms with Crippen molar-refractivity contribution in [2.75, 3.05) is 13.2 Å². The SMILES string of the molecule is CCCOc1ccc(Oc2ccc3c(c2)C[C@@H](NC[C@@H](O)c2cccc(Cl)c2)CC3)cc1C(=O)O.Cl. The van der Waals surface area contributed by atoms with Gasteiger partial charge < -0.3 is 25.0 Å². The molecule has 1 aliphatic carbocycles. The van der Waals surface area contributed by atoms with E-state index in [2.05, 4.69) is 11.4 Å². The molecule has 2 atom stereocenters. The highest BCUT2D eigenvalue weighted by molar-refractivity contribution is 6.30. The molecule has 3 aromatic rings. The molecule has 0 saturated heterocycles. The summed E-state index contributed by atoms with van der Waals surface area (Å²) in [5.41, 5.74) is 3.34. The van der Waals surface area contributed by atoms with Gasteiger partial charge in [0.2, 0.25) is 0 Å². The number of carboxylic acid groups (broad SMARTS) is 1. The predicted molar refractivity (Wildman–Crippen MR) is 143 cm³/mol. The number of aliphatic hydroxyl groups is 1. The van der Waals surface area contributed by atoms with Gasteiger partial charge in [0.1, 0.15) is 22.8 Å². The molecular formula is C28H31Cl2NO5. The minimum Gasteiger partial charge on any atom is -0.493 e. The van der Waals surface area contributed by atoms with Crippen molar-refractivity contribution in [2.45, 2.75) is 44.8 Å². The molecule has 0 fully saturated rings. The third-order valence-corrected chi connectivity index (χ3v) is 6.35. The van der Waals surface area contributed by atoms with Gasteiger partial charge in [0.05, 0.1) is 12.7 Å². The summed E-state index contributed by atoms with van der Waals surface area (Å²) in [7, 11) is 0. The van der Waals surface area contributed by atoms with Crippen molar-refractivity contribution in [2.24, 2.45) is 0 Å². The van der Waals surface area contributed by atoms with E-state index < -0.39 is 12.1 Å². The summed E-state index contributed by atoms with van der Waals surface area (Å²) < 4.78 is 11.6. The van der Waals surface area contributed by atoms with E-state index in [-0.39, 0.29) is 24.0 Å². The van der Waals surface area contributed by atoms with E-state index in [1.54, 1.807) is 24.3 Å². The molecule has 0 aromatic heterocycles. The molecule has 6 nitrogen and oxygen atoms in total. The average Bonchev–Trinajstić information content (AvgIpc) is 2.86. The Kier molecular flexibility index (Phi) is 10.0. The molecule has 3 aromatic carbocycles. The molecule has 0 saturated carbocycles. The zero-order valence-electron chi connectivity index (χ0n) is 20.1. The van der Waals surface area contributed by atoms with Crippen LogP contribution in [-0.4, -0.2) is 35.4 Å². The molecule has 0 spiro atoms. The van der Waals surface area contributed by atoms with E-state index in [4.69, 9.17) is 21.1 Å². The minimum atomic E-state index is -1.05. The van der Waals surface area contributed by atoms with Gasteiger partial charge in [-0.2, -0.15) is 0 Å². The fourth-order valence-electron chi connectivity index (χ4n) is 4.29. The van der Waals surface area contributed by atoms with Gasteiger partial charge in [-0.05, 0) is 84.8 Å². The van der Waals surface area contributed by atoms with Crippen molar-refractivity contribution in [3.05, 3.63) is 87.9 Å². The number of aromatic carboxylic acids is 1. The minimum absolute atomic E-state index is 0. The number of halogens is 2. The second kappa shape index (κ2) is 13.0. The van der Waals surface area contributed by atoms with Crippen LogP contribution in [0.5, 0.6) is 17.2 Å². The van der Waals surface area contributed by atoms with Gasteiger partial charge in [0.25, 0.3) is 0 Å². The number of fused-ring (bicyclic) bond motifs is 1. The van der Waals surface area contributed by atoms with Crippen LogP contribution in [0.4, 0.5) is 0 Å². The lowest BCUT2D eigenvalue weighted by molar-refractivity contribution is 0.0691. The Labute approximate surface area is 222 Å². The smallest absolute Gasteiger partial charge is 0.339 e. The van der Waals surface area contributed by atoms with E-state index in [1.165, 1.54) is 17.2 Å². The first-order chi connectivity index (χ1) is 16.9. The largest absolute Gasteiger partial charge is 0.493 e.